The first-order valence-corrected chi connectivity index (χ1v) is 12.1. The van der Waals surface area contributed by atoms with Crippen LogP contribution < -0.4 is 9.64 Å². The number of aryl methyl sites for hydroxylation is 1. The van der Waals surface area contributed by atoms with Gasteiger partial charge in [0.25, 0.3) is 0 Å². The van der Waals surface area contributed by atoms with E-state index in [1.807, 2.05) is 28.9 Å². The number of pyridine rings is 1. The van der Waals surface area contributed by atoms with Crippen molar-refractivity contribution < 1.29 is 4.74 Å². The number of fused-ring (bicyclic) bond motifs is 2. The largest absolute Gasteiger partial charge is 0.424 e. The zero-order chi connectivity index (χ0) is 22.1. The summed E-state index contributed by atoms with van der Waals surface area (Å²) in [5.41, 5.74) is 1.17. The number of aromatic nitrogens is 4. The van der Waals surface area contributed by atoms with Gasteiger partial charge in [-0.05, 0) is 67.3 Å². The Morgan fingerprint density at radius 1 is 1.09 bits per heavy atom. The van der Waals surface area contributed by atoms with E-state index in [9.17, 15) is 0 Å². The molecular weight excluding hydrogens is 445 g/mol. The lowest BCUT2D eigenvalue weighted by Crippen LogP contribution is -2.42. The van der Waals surface area contributed by atoms with Crippen molar-refractivity contribution in [2.24, 2.45) is 17.8 Å². The van der Waals surface area contributed by atoms with Gasteiger partial charge in [0.2, 0.25) is 0 Å². The van der Waals surface area contributed by atoms with Gasteiger partial charge in [0.1, 0.15) is 10.9 Å². The summed E-state index contributed by atoms with van der Waals surface area (Å²) < 4.78 is 7.93. The van der Waals surface area contributed by atoms with Crippen LogP contribution in [0.1, 0.15) is 32.0 Å². The molecule has 0 radical (unpaired) electrons. The Morgan fingerprint density at radius 2 is 1.91 bits per heavy atom. The van der Waals surface area contributed by atoms with Crippen LogP contribution in [-0.2, 0) is 13.0 Å². The Bertz CT molecular complexity index is 1070. The molecule has 2 unspecified atom stereocenters. The van der Waals surface area contributed by atoms with Crippen molar-refractivity contribution in [2.45, 2.75) is 39.2 Å². The Hall–Kier alpha value is -2.31. The van der Waals surface area contributed by atoms with E-state index in [0.29, 0.717) is 39.7 Å². The second-order valence-corrected chi connectivity index (χ2v) is 9.62. The van der Waals surface area contributed by atoms with Crippen molar-refractivity contribution in [3.8, 4) is 11.8 Å². The number of hydrogen-bond acceptors (Lipinski definition) is 5. The molecule has 2 aromatic heterocycles. The van der Waals surface area contributed by atoms with Crippen molar-refractivity contribution in [1.29, 1.82) is 0 Å². The second-order valence-electron chi connectivity index (χ2n) is 8.80. The number of hydrogen-bond donors (Lipinski definition) is 0. The normalized spacial score (nSPS) is 22.3. The quantitative estimate of drug-likeness (QED) is 0.402. The first-order chi connectivity index (χ1) is 15.6. The molecule has 1 aliphatic carbocycles. The molecule has 2 atom stereocenters. The van der Waals surface area contributed by atoms with Crippen molar-refractivity contribution in [3.05, 3.63) is 58.6 Å². The maximum absolute atomic E-state index is 6.12. The molecule has 2 fully saturated rings. The fourth-order valence-electron chi connectivity index (χ4n) is 5.21. The number of benzene rings is 1. The average Bonchev–Trinajstić information content (AvgIpc) is 3.23. The third-order valence-corrected chi connectivity index (χ3v) is 7.09. The van der Waals surface area contributed by atoms with Crippen LogP contribution in [0.2, 0.25) is 10.2 Å². The highest BCUT2D eigenvalue weighted by Crippen LogP contribution is 2.44. The predicted octanol–water partition coefficient (Wildman–Crippen LogP) is 5.89. The van der Waals surface area contributed by atoms with E-state index in [-0.39, 0.29) is 0 Å². The smallest absolute Gasteiger partial charge is 0.320 e. The predicted molar refractivity (Wildman–Crippen MR) is 127 cm³/mol. The van der Waals surface area contributed by atoms with E-state index in [4.69, 9.17) is 38.0 Å². The molecule has 5 rings (SSSR count). The molecule has 3 heterocycles. The van der Waals surface area contributed by atoms with Gasteiger partial charge in [0.05, 0.1) is 0 Å². The Morgan fingerprint density at radius 3 is 2.62 bits per heavy atom. The molecule has 0 amide bonds. The van der Waals surface area contributed by atoms with Crippen molar-refractivity contribution >= 4 is 28.9 Å². The summed E-state index contributed by atoms with van der Waals surface area (Å²) >= 11 is 12.2. The first-order valence-electron chi connectivity index (χ1n) is 11.3. The van der Waals surface area contributed by atoms with Gasteiger partial charge in [-0.1, -0.05) is 36.2 Å². The Labute approximate surface area is 198 Å². The van der Waals surface area contributed by atoms with Crippen LogP contribution in [0.5, 0.6) is 11.8 Å². The van der Waals surface area contributed by atoms with E-state index >= 15 is 0 Å². The molecule has 32 heavy (non-hydrogen) atoms. The summed E-state index contributed by atoms with van der Waals surface area (Å²) in [5.74, 6) is 3.42. The number of anilines is 1. The molecule has 1 aliphatic heterocycles. The molecule has 1 aromatic carbocycles. The second kappa shape index (κ2) is 9.28. The molecule has 0 spiro atoms. The van der Waals surface area contributed by atoms with E-state index in [2.05, 4.69) is 22.9 Å². The number of halogens is 2. The molecular formula is C24H27Cl2N5O. The number of ether oxygens (including phenoxy) is 1. The van der Waals surface area contributed by atoms with E-state index < -0.39 is 0 Å². The summed E-state index contributed by atoms with van der Waals surface area (Å²) in [4.78, 5) is 11.4. The van der Waals surface area contributed by atoms with Crippen molar-refractivity contribution in [1.82, 2.24) is 19.7 Å². The van der Waals surface area contributed by atoms with Gasteiger partial charge in [-0.15, -0.1) is 0 Å². The fourth-order valence-corrected chi connectivity index (χ4v) is 5.56. The standard InChI is InChI=1S/C24H27Cl2N5O/c1-2-10-31-24(32-20-5-3-4-18(25)11-20)28-23(29-31)13-21-16-6-7-17(21)15-30(14-16)19-8-9-27-22(26)12-19/h3-5,8-9,11-12,16-17,21H,2,6-7,10,13-15H2,1H3. The minimum atomic E-state index is 0.542. The maximum atomic E-state index is 6.12. The number of nitrogens with zero attached hydrogens (tertiary/aromatic N) is 5. The fraction of sp³-hybridized carbons (Fsp3) is 0.458. The minimum absolute atomic E-state index is 0.542. The summed E-state index contributed by atoms with van der Waals surface area (Å²) in [5, 5.41) is 6.00. The van der Waals surface area contributed by atoms with Crippen LogP contribution in [-0.4, -0.2) is 32.8 Å². The van der Waals surface area contributed by atoms with Gasteiger partial charge in [0, 0.05) is 43.0 Å². The highest BCUT2D eigenvalue weighted by atomic mass is 35.5. The molecule has 1 saturated heterocycles. The summed E-state index contributed by atoms with van der Waals surface area (Å²) in [6.45, 7) is 4.99. The number of piperidine rings is 1. The highest BCUT2D eigenvalue weighted by Gasteiger charge is 2.42. The summed E-state index contributed by atoms with van der Waals surface area (Å²) in [6, 6.07) is 12.0. The van der Waals surface area contributed by atoms with E-state index in [1.165, 1.54) is 18.5 Å². The van der Waals surface area contributed by atoms with Crippen molar-refractivity contribution in [2.75, 3.05) is 18.0 Å². The monoisotopic (exact) mass is 471 g/mol. The van der Waals surface area contributed by atoms with Gasteiger partial charge in [0.15, 0.2) is 5.82 Å². The zero-order valence-corrected chi connectivity index (χ0v) is 19.6. The third-order valence-electron chi connectivity index (χ3n) is 6.64. The third kappa shape index (κ3) is 4.57. The Balaban J connectivity index is 1.31. The topological polar surface area (TPSA) is 56.1 Å². The van der Waals surface area contributed by atoms with Gasteiger partial charge >= 0.3 is 6.01 Å². The lowest BCUT2D eigenvalue weighted by molar-refractivity contribution is 0.265. The van der Waals surface area contributed by atoms with E-state index in [0.717, 1.165) is 38.3 Å². The first kappa shape index (κ1) is 21.5. The zero-order valence-electron chi connectivity index (χ0n) is 18.1. The van der Waals surface area contributed by atoms with Crippen LogP contribution in [0.3, 0.4) is 0 Å². The SMILES string of the molecule is CCCn1nc(CC2C3CCC2CN(c2ccnc(Cl)c2)C3)nc1Oc1cccc(Cl)c1. The van der Waals surface area contributed by atoms with Crippen molar-refractivity contribution in [3.63, 3.8) is 0 Å². The summed E-state index contributed by atoms with van der Waals surface area (Å²) in [7, 11) is 0. The lowest BCUT2D eigenvalue weighted by atomic mass is 9.82. The molecule has 1 saturated carbocycles. The molecule has 2 bridgehead atoms. The van der Waals surface area contributed by atoms with Gasteiger partial charge in [-0.2, -0.15) is 10.1 Å². The molecule has 2 aliphatic rings. The van der Waals surface area contributed by atoms with Crippen LogP contribution in [0, 0.1) is 17.8 Å². The van der Waals surface area contributed by atoms with Crippen LogP contribution >= 0.6 is 23.2 Å². The number of rotatable bonds is 7. The molecule has 3 aromatic rings. The molecule has 168 valence electrons. The molecule has 6 nitrogen and oxygen atoms in total. The van der Waals surface area contributed by atoms with Crippen LogP contribution in [0.15, 0.2) is 42.6 Å². The lowest BCUT2D eigenvalue weighted by Gasteiger charge is -2.39. The van der Waals surface area contributed by atoms with Gasteiger partial charge in [-0.3, -0.25) is 0 Å². The van der Waals surface area contributed by atoms with E-state index in [1.54, 1.807) is 12.3 Å². The summed E-state index contributed by atoms with van der Waals surface area (Å²) in [6.07, 6.45) is 6.16. The minimum Gasteiger partial charge on any atom is -0.424 e. The van der Waals surface area contributed by atoms with Crippen LogP contribution in [0.4, 0.5) is 5.69 Å². The highest BCUT2D eigenvalue weighted by molar-refractivity contribution is 6.30. The Kier molecular flexibility index (Phi) is 6.24. The molecule has 8 heteroatoms. The van der Waals surface area contributed by atoms with Gasteiger partial charge in [-0.25, -0.2) is 9.67 Å². The van der Waals surface area contributed by atoms with Gasteiger partial charge < -0.3 is 9.64 Å². The molecule has 0 N–H and O–H groups in total. The maximum Gasteiger partial charge on any atom is 0.320 e. The average molecular weight is 472 g/mol. The van der Waals surface area contributed by atoms with Crippen LogP contribution in [0.25, 0.3) is 0 Å².